The Balaban J connectivity index is 1.91. The van der Waals surface area contributed by atoms with Gasteiger partial charge in [-0.1, -0.05) is 18.2 Å². The van der Waals surface area contributed by atoms with Gasteiger partial charge >= 0.3 is 0 Å². The van der Waals surface area contributed by atoms with Gasteiger partial charge in [-0.2, -0.15) is 0 Å². The van der Waals surface area contributed by atoms with Crippen molar-refractivity contribution in [3.63, 3.8) is 0 Å². The summed E-state index contributed by atoms with van der Waals surface area (Å²) in [6.45, 7) is 5.74. The van der Waals surface area contributed by atoms with E-state index in [1.807, 2.05) is 19.1 Å². The van der Waals surface area contributed by atoms with Crippen LogP contribution in [-0.2, 0) is 6.42 Å². The molecule has 6 heteroatoms. The second kappa shape index (κ2) is 6.79. The van der Waals surface area contributed by atoms with Crippen molar-refractivity contribution in [3.8, 4) is 11.3 Å². The highest BCUT2D eigenvalue weighted by Crippen LogP contribution is 2.33. The van der Waals surface area contributed by atoms with Crippen molar-refractivity contribution < 1.29 is 4.39 Å². The van der Waals surface area contributed by atoms with E-state index in [2.05, 4.69) is 21.9 Å². The lowest BCUT2D eigenvalue weighted by atomic mass is 10.0. The van der Waals surface area contributed by atoms with Gasteiger partial charge in [-0.05, 0) is 49.9 Å². The number of benzene rings is 1. The molecule has 3 rings (SSSR count). The number of nitrogens with zero attached hydrogens (tertiary/aromatic N) is 1. The Morgan fingerprint density at radius 2 is 2.17 bits per heavy atom. The molecule has 0 bridgehead atoms. The topological polar surface area (TPSA) is 66.2 Å². The van der Waals surface area contributed by atoms with Crippen LogP contribution in [0.2, 0.25) is 5.02 Å². The van der Waals surface area contributed by atoms with E-state index in [1.165, 1.54) is 0 Å². The summed E-state index contributed by atoms with van der Waals surface area (Å²) in [6, 6.07) is 5.53. The lowest BCUT2D eigenvalue weighted by molar-refractivity contribution is 0.618. The van der Waals surface area contributed by atoms with Crippen LogP contribution >= 0.6 is 11.6 Å². The van der Waals surface area contributed by atoms with Crippen LogP contribution in [0.4, 0.5) is 10.2 Å². The molecule has 0 saturated heterocycles. The van der Waals surface area contributed by atoms with Crippen LogP contribution in [0.15, 0.2) is 35.6 Å². The summed E-state index contributed by atoms with van der Waals surface area (Å²) < 4.78 is 14.5. The highest BCUT2D eigenvalue weighted by atomic mass is 35.5. The molecule has 1 aromatic heterocycles. The third kappa shape index (κ3) is 3.52. The number of halogens is 2. The molecule has 0 saturated carbocycles. The summed E-state index contributed by atoms with van der Waals surface area (Å²) in [5.41, 5.74) is 8.74. The van der Waals surface area contributed by atoms with E-state index in [-0.39, 0.29) is 11.1 Å². The number of aromatic amines is 1. The lowest BCUT2D eigenvalue weighted by Crippen LogP contribution is -2.14. The Kier molecular flexibility index (Phi) is 4.73. The van der Waals surface area contributed by atoms with Crippen molar-refractivity contribution in [2.24, 2.45) is 10.7 Å². The molecule has 126 valence electrons. The van der Waals surface area contributed by atoms with E-state index < -0.39 is 5.82 Å². The van der Waals surface area contributed by atoms with Crippen LogP contribution in [0.1, 0.15) is 30.9 Å². The zero-order chi connectivity index (χ0) is 17.3. The molecular weight excluding hydrogens is 327 g/mol. The number of aryl methyl sites for hydroxylation is 1. The van der Waals surface area contributed by atoms with Gasteiger partial charge in [0, 0.05) is 23.4 Å². The molecule has 0 aliphatic carbocycles. The maximum absolute atomic E-state index is 14.5. The van der Waals surface area contributed by atoms with Crippen molar-refractivity contribution in [2.45, 2.75) is 32.2 Å². The minimum atomic E-state index is -0.429. The van der Waals surface area contributed by atoms with Gasteiger partial charge in [-0.3, -0.25) is 0 Å². The van der Waals surface area contributed by atoms with Gasteiger partial charge in [0.2, 0.25) is 0 Å². The van der Waals surface area contributed by atoms with Gasteiger partial charge < -0.3 is 16.0 Å². The summed E-state index contributed by atoms with van der Waals surface area (Å²) in [7, 11) is 0. The van der Waals surface area contributed by atoms with Gasteiger partial charge in [-0.15, -0.1) is 0 Å². The van der Waals surface area contributed by atoms with Gasteiger partial charge in [0.15, 0.2) is 5.82 Å². The molecule has 2 heterocycles. The molecule has 24 heavy (non-hydrogen) atoms. The van der Waals surface area contributed by atoms with E-state index in [0.29, 0.717) is 17.1 Å². The molecular formula is C18H20ClFN4. The van der Waals surface area contributed by atoms with Crippen molar-refractivity contribution >= 4 is 23.6 Å². The average Bonchev–Trinajstić information content (AvgIpc) is 2.93. The fourth-order valence-corrected chi connectivity index (χ4v) is 3.00. The van der Waals surface area contributed by atoms with E-state index in [4.69, 9.17) is 17.3 Å². The third-order valence-corrected chi connectivity index (χ3v) is 4.26. The normalized spacial score (nSPS) is 14.4. The van der Waals surface area contributed by atoms with Crippen LogP contribution in [0.25, 0.3) is 11.3 Å². The molecule has 4 nitrogen and oxygen atoms in total. The SMILES string of the molecule is C=C1N=Cc2cc(-c3cc(CCCC(C)N)cc(Cl)c3F)[nH]c2N1. The first-order valence-electron chi connectivity index (χ1n) is 7.91. The molecule has 1 atom stereocenters. The quantitative estimate of drug-likeness (QED) is 0.748. The molecule has 1 aliphatic rings. The van der Waals surface area contributed by atoms with Crippen LogP contribution in [0.3, 0.4) is 0 Å². The van der Waals surface area contributed by atoms with Crippen molar-refractivity contribution in [1.29, 1.82) is 0 Å². The Labute approximate surface area is 145 Å². The molecule has 0 radical (unpaired) electrons. The summed E-state index contributed by atoms with van der Waals surface area (Å²) in [5, 5.41) is 3.15. The number of H-pyrrole nitrogens is 1. The number of hydrogen-bond donors (Lipinski definition) is 3. The van der Waals surface area contributed by atoms with Gasteiger partial charge in [-0.25, -0.2) is 9.38 Å². The molecule has 4 N–H and O–H groups in total. The Hall–Kier alpha value is -2.11. The smallest absolute Gasteiger partial charge is 0.151 e. The van der Waals surface area contributed by atoms with Crippen LogP contribution < -0.4 is 11.1 Å². The number of anilines is 1. The van der Waals surface area contributed by atoms with Gasteiger partial charge in [0.25, 0.3) is 0 Å². The summed E-state index contributed by atoms with van der Waals surface area (Å²) in [4.78, 5) is 7.28. The summed E-state index contributed by atoms with van der Waals surface area (Å²) in [6.07, 6.45) is 4.36. The second-order valence-electron chi connectivity index (χ2n) is 6.15. The fourth-order valence-electron chi connectivity index (χ4n) is 2.76. The summed E-state index contributed by atoms with van der Waals surface area (Å²) in [5.74, 6) is 0.865. The van der Waals surface area contributed by atoms with Crippen LogP contribution in [0.5, 0.6) is 0 Å². The molecule has 1 unspecified atom stereocenters. The molecule has 0 fully saturated rings. The number of nitrogens with two attached hydrogens (primary N) is 1. The minimum Gasteiger partial charge on any atom is -0.341 e. The van der Waals surface area contributed by atoms with Gasteiger partial charge in [0.05, 0.1) is 10.7 Å². The number of aliphatic imine (C=N–C) groups is 1. The van der Waals surface area contributed by atoms with Crippen molar-refractivity contribution in [3.05, 3.63) is 52.6 Å². The van der Waals surface area contributed by atoms with E-state index in [0.717, 1.165) is 36.2 Å². The predicted molar refractivity (Wildman–Crippen MR) is 98.1 cm³/mol. The fraction of sp³-hybridized carbons (Fsp3) is 0.278. The number of rotatable bonds is 5. The first-order chi connectivity index (χ1) is 11.4. The zero-order valence-electron chi connectivity index (χ0n) is 13.5. The first-order valence-corrected chi connectivity index (χ1v) is 8.28. The minimum absolute atomic E-state index is 0.127. The largest absolute Gasteiger partial charge is 0.341 e. The lowest BCUT2D eigenvalue weighted by Gasteiger charge is -2.10. The highest BCUT2D eigenvalue weighted by molar-refractivity contribution is 6.31. The Morgan fingerprint density at radius 1 is 1.38 bits per heavy atom. The Bertz CT molecular complexity index is 808. The standard InChI is InChI=1S/C18H20ClFN4/c1-10(21)4-3-5-12-6-14(17(20)15(19)7-12)16-8-13-9-22-11(2)23-18(13)24-16/h6-10,23-24H,2-5,21H2,1H3. The molecule has 2 aromatic rings. The maximum Gasteiger partial charge on any atom is 0.151 e. The number of hydrogen-bond acceptors (Lipinski definition) is 3. The molecule has 1 aromatic carbocycles. The number of nitrogens with one attached hydrogen (secondary N) is 2. The van der Waals surface area contributed by atoms with Gasteiger partial charge in [0.1, 0.15) is 11.6 Å². The van der Waals surface area contributed by atoms with E-state index in [1.54, 1.807) is 12.3 Å². The van der Waals surface area contributed by atoms with Crippen molar-refractivity contribution in [1.82, 2.24) is 4.98 Å². The van der Waals surface area contributed by atoms with Crippen LogP contribution in [0, 0.1) is 5.82 Å². The number of aromatic nitrogens is 1. The maximum atomic E-state index is 14.5. The molecule has 0 amide bonds. The monoisotopic (exact) mass is 346 g/mol. The van der Waals surface area contributed by atoms with Crippen molar-refractivity contribution in [2.75, 3.05) is 5.32 Å². The van der Waals surface area contributed by atoms with E-state index in [9.17, 15) is 4.39 Å². The van der Waals surface area contributed by atoms with Crippen LogP contribution in [-0.4, -0.2) is 17.2 Å². The Morgan fingerprint density at radius 3 is 2.92 bits per heavy atom. The highest BCUT2D eigenvalue weighted by Gasteiger charge is 2.17. The molecule has 0 spiro atoms. The average molecular weight is 347 g/mol. The third-order valence-electron chi connectivity index (χ3n) is 3.98. The summed E-state index contributed by atoms with van der Waals surface area (Å²) >= 11 is 6.09. The number of fused-ring (bicyclic) bond motifs is 1. The zero-order valence-corrected chi connectivity index (χ0v) is 14.3. The van der Waals surface area contributed by atoms with E-state index >= 15 is 0 Å². The predicted octanol–water partition coefficient (Wildman–Crippen LogP) is 4.46. The first kappa shape index (κ1) is 16.7. The second-order valence-corrected chi connectivity index (χ2v) is 6.56. The molecule has 1 aliphatic heterocycles.